The average Bonchev–Trinajstić information content (AvgIpc) is 3.02. The monoisotopic (exact) mass is 442 g/mol. The van der Waals surface area contributed by atoms with Gasteiger partial charge in [0, 0.05) is 49.4 Å². The van der Waals surface area contributed by atoms with Crippen molar-refractivity contribution in [3.63, 3.8) is 0 Å². The van der Waals surface area contributed by atoms with Crippen LogP contribution in [0.25, 0.3) is 0 Å². The molecule has 5 atom stereocenters. The molecule has 0 spiro atoms. The van der Waals surface area contributed by atoms with Gasteiger partial charge in [0.2, 0.25) is 0 Å². The number of esters is 1. The fourth-order valence-electron chi connectivity index (χ4n) is 6.63. The number of hydrogen-bond acceptors (Lipinski definition) is 4. The highest BCUT2D eigenvalue weighted by molar-refractivity contribution is 6.30. The van der Waals surface area contributed by atoms with E-state index in [4.69, 9.17) is 16.3 Å². The summed E-state index contributed by atoms with van der Waals surface area (Å²) in [5, 5.41) is 0.789. The minimum atomic E-state index is -0.0179. The van der Waals surface area contributed by atoms with Crippen LogP contribution in [-0.2, 0) is 9.53 Å². The summed E-state index contributed by atoms with van der Waals surface area (Å²) in [5.41, 5.74) is 4.33. The van der Waals surface area contributed by atoms with Crippen LogP contribution in [-0.4, -0.2) is 49.7 Å². The Labute approximate surface area is 191 Å². The predicted molar refractivity (Wildman–Crippen MR) is 126 cm³/mol. The molecule has 0 unspecified atom stereocenters. The predicted octanol–water partition coefficient (Wildman–Crippen LogP) is 5.08. The largest absolute Gasteiger partial charge is 0.461 e. The summed E-state index contributed by atoms with van der Waals surface area (Å²) in [4.78, 5) is 17.8. The zero-order valence-corrected chi connectivity index (χ0v) is 19.8. The first kappa shape index (κ1) is 21.3. The molecule has 0 N–H and O–H groups in total. The van der Waals surface area contributed by atoms with E-state index < -0.39 is 0 Å². The van der Waals surface area contributed by atoms with Crippen LogP contribution in [0.2, 0.25) is 5.02 Å². The molecule has 1 aromatic carbocycles. The van der Waals surface area contributed by atoms with Gasteiger partial charge in [0.25, 0.3) is 0 Å². The minimum Gasteiger partial charge on any atom is -0.461 e. The number of rotatable bonds is 3. The van der Waals surface area contributed by atoms with Crippen molar-refractivity contribution in [2.75, 3.05) is 37.6 Å². The number of fused-ring (bicyclic) bond motifs is 2. The molecule has 2 saturated heterocycles. The number of allylic oxidation sites excluding steroid dienone is 1. The lowest BCUT2D eigenvalue weighted by atomic mass is 9.59. The molecule has 31 heavy (non-hydrogen) atoms. The third-order valence-electron chi connectivity index (χ3n) is 8.42. The second kappa shape index (κ2) is 8.12. The fraction of sp³-hybridized carbons (Fsp3) is 0.654. The molecule has 5 heteroatoms. The summed E-state index contributed by atoms with van der Waals surface area (Å²) in [5.74, 6) is 0.898. The number of carbonyl (C=O) groups is 1. The van der Waals surface area contributed by atoms with Gasteiger partial charge < -0.3 is 9.64 Å². The van der Waals surface area contributed by atoms with Crippen LogP contribution in [0, 0.1) is 30.1 Å². The van der Waals surface area contributed by atoms with E-state index in [9.17, 15) is 4.79 Å². The number of piperazine rings is 1. The highest BCUT2D eigenvalue weighted by Gasteiger charge is 2.52. The molecular formula is C26H35ClN2O2. The molecule has 0 bridgehead atoms. The molecule has 168 valence electrons. The van der Waals surface area contributed by atoms with Gasteiger partial charge in [-0.2, -0.15) is 0 Å². The Hall–Kier alpha value is -1.52. The van der Waals surface area contributed by atoms with Gasteiger partial charge in [-0.15, -0.1) is 0 Å². The van der Waals surface area contributed by atoms with Crippen LogP contribution in [0.4, 0.5) is 5.69 Å². The van der Waals surface area contributed by atoms with Crippen molar-refractivity contribution in [2.24, 2.45) is 23.2 Å². The molecule has 1 saturated carbocycles. The topological polar surface area (TPSA) is 32.8 Å². The lowest BCUT2D eigenvalue weighted by molar-refractivity contribution is -0.145. The van der Waals surface area contributed by atoms with Gasteiger partial charge in [-0.05, 0) is 55.2 Å². The summed E-state index contributed by atoms with van der Waals surface area (Å²) >= 11 is 6.23. The number of carbonyl (C=O) groups excluding carboxylic acids is 1. The van der Waals surface area contributed by atoms with Crippen molar-refractivity contribution in [3.05, 3.63) is 40.4 Å². The third-order valence-corrected chi connectivity index (χ3v) is 8.66. The molecule has 2 aliphatic carbocycles. The quantitative estimate of drug-likeness (QED) is 0.482. The molecule has 3 fully saturated rings. The first-order valence-corrected chi connectivity index (χ1v) is 12.4. The summed E-state index contributed by atoms with van der Waals surface area (Å²) in [6, 6.07) is 6.12. The number of aryl methyl sites for hydroxylation is 1. The smallest absolute Gasteiger partial charge is 0.311 e. The Morgan fingerprint density at radius 3 is 2.77 bits per heavy atom. The Balaban J connectivity index is 1.27. The first-order chi connectivity index (χ1) is 14.8. The molecule has 4 aliphatic rings. The molecular weight excluding hydrogens is 408 g/mol. The number of hydrogen-bond donors (Lipinski definition) is 0. The van der Waals surface area contributed by atoms with Gasteiger partial charge in [-0.1, -0.05) is 49.6 Å². The first-order valence-electron chi connectivity index (χ1n) is 12.0. The highest BCUT2D eigenvalue weighted by atomic mass is 35.5. The minimum absolute atomic E-state index is 0.0179. The summed E-state index contributed by atoms with van der Waals surface area (Å²) < 4.78 is 5.95. The van der Waals surface area contributed by atoms with Crippen LogP contribution >= 0.6 is 11.6 Å². The van der Waals surface area contributed by atoms with Gasteiger partial charge in [-0.3, -0.25) is 9.69 Å². The van der Waals surface area contributed by atoms with Crippen LogP contribution in [0.5, 0.6) is 0 Å². The zero-order chi connectivity index (χ0) is 21.8. The normalized spacial score (nSPS) is 35.9. The Morgan fingerprint density at radius 1 is 1.23 bits per heavy atom. The number of halogens is 1. The van der Waals surface area contributed by atoms with E-state index in [2.05, 4.69) is 48.8 Å². The number of benzene rings is 1. The molecule has 0 radical (unpaired) electrons. The van der Waals surface area contributed by atoms with Crippen LogP contribution < -0.4 is 4.90 Å². The van der Waals surface area contributed by atoms with Gasteiger partial charge in [-0.25, -0.2) is 0 Å². The van der Waals surface area contributed by atoms with Crippen molar-refractivity contribution in [2.45, 2.75) is 52.6 Å². The molecule has 5 rings (SSSR count). The molecule has 0 amide bonds. The van der Waals surface area contributed by atoms with Crippen molar-refractivity contribution >= 4 is 23.3 Å². The SMILES string of the molecule is Cc1ccc(Cl)cc1N1CCN(C[C@@H]2C(=O)O[C@@H]3C[C@]4(C)CCC[C@@H](C)C4=C[C@H]23)CC1. The van der Waals surface area contributed by atoms with E-state index in [1.807, 2.05) is 6.07 Å². The maximum atomic E-state index is 12.9. The highest BCUT2D eigenvalue weighted by Crippen LogP contribution is 2.54. The standard InChI is InChI=1S/C26H35ClN2O2/c1-17-5-4-8-26(3)15-24-20(14-22(17)26)21(25(30)31-24)16-28-9-11-29(12-10-28)23-13-19(27)7-6-18(23)2/h6-7,13-14,17,20-21,24H,4-5,8-12,15-16H2,1-3H3/t17-,20-,21+,24-,26+/m1/s1. The van der Waals surface area contributed by atoms with Gasteiger partial charge in [0.15, 0.2) is 0 Å². The number of nitrogens with zero attached hydrogens (tertiary/aromatic N) is 2. The summed E-state index contributed by atoms with van der Waals surface area (Å²) in [6.45, 7) is 11.6. The van der Waals surface area contributed by atoms with E-state index >= 15 is 0 Å². The van der Waals surface area contributed by atoms with E-state index in [-0.39, 0.29) is 29.3 Å². The van der Waals surface area contributed by atoms with Crippen molar-refractivity contribution in [1.82, 2.24) is 4.90 Å². The van der Waals surface area contributed by atoms with Crippen LogP contribution in [0.15, 0.2) is 29.8 Å². The Morgan fingerprint density at radius 2 is 2.00 bits per heavy atom. The molecule has 1 aromatic rings. The summed E-state index contributed by atoms with van der Waals surface area (Å²) in [7, 11) is 0. The van der Waals surface area contributed by atoms with Gasteiger partial charge in [0.1, 0.15) is 6.10 Å². The van der Waals surface area contributed by atoms with E-state index in [0.717, 1.165) is 44.2 Å². The fourth-order valence-corrected chi connectivity index (χ4v) is 6.80. The maximum absolute atomic E-state index is 12.9. The molecule has 2 heterocycles. The molecule has 0 aromatic heterocycles. The van der Waals surface area contributed by atoms with Crippen molar-refractivity contribution in [1.29, 1.82) is 0 Å². The van der Waals surface area contributed by atoms with Gasteiger partial charge in [0.05, 0.1) is 5.92 Å². The second-order valence-corrected chi connectivity index (χ2v) is 11.0. The molecule has 2 aliphatic heterocycles. The van der Waals surface area contributed by atoms with E-state index in [1.165, 1.54) is 30.5 Å². The Bertz CT molecular complexity index is 891. The lowest BCUT2D eigenvalue weighted by Crippen LogP contribution is -2.49. The summed E-state index contributed by atoms with van der Waals surface area (Å²) in [6.07, 6.45) is 7.37. The van der Waals surface area contributed by atoms with E-state index in [0.29, 0.717) is 5.92 Å². The van der Waals surface area contributed by atoms with Gasteiger partial charge >= 0.3 is 5.97 Å². The number of ether oxygens (including phenoxy) is 1. The Kier molecular flexibility index (Phi) is 5.58. The van der Waals surface area contributed by atoms with Crippen molar-refractivity contribution < 1.29 is 9.53 Å². The lowest BCUT2D eigenvalue weighted by Gasteiger charge is -2.46. The maximum Gasteiger partial charge on any atom is 0.311 e. The second-order valence-electron chi connectivity index (χ2n) is 10.6. The van der Waals surface area contributed by atoms with E-state index in [1.54, 1.807) is 5.57 Å². The van der Waals surface area contributed by atoms with Crippen LogP contribution in [0.1, 0.15) is 45.1 Å². The molecule has 4 nitrogen and oxygen atoms in total. The average molecular weight is 443 g/mol. The third kappa shape index (κ3) is 3.91. The van der Waals surface area contributed by atoms with Crippen LogP contribution in [0.3, 0.4) is 0 Å². The van der Waals surface area contributed by atoms with Crippen molar-refractivity contribution in [3.8, 4) is 0 Å². The zero-order valence-electron chi connectivity index (χ0n) is 19.1. The number of anilines is 1.